The zero-order chi connectivity index (χ0) is 27.0. The monoisotopic (exact) mass is 522 g/mol. The van der Waals surface area contributed by atoms with E-state index < -0.39 is 5.97 Å². The molecule has 3 N–H and O–H groups in total. The van der Waals surface area contributed by atoms with Crippen molar-refractivity contribution >= 4 is 5.97 Å². The second-order valence-electron chi connectivity index (χ2n) is 14.8. The summed E-state index contributed by atoms with van der Waals surface area (Å²) in [4.78, 5) is 11.8. The van der Waals surface area contributed by atoms with E-state index in [-0.39, 0.29) is 17.6 Å². The number of carbonyl (C=O) groups is 1. The van der Waals surface area contributed by atoms with Crippen molar-refractivity contribution in [3.8, 4) is 0 Å². The molecule has 0 bridgehead atoms. The molecular formula is C34H50O4. The Morgan fingerprint density at radius 3 is 2.42 bits per heavy atom. The van der Waals surface area contributed by atoms with Crippen LogP contribution in [0.25, 0.3) is 0 Å². The van der Waals surface area contributed by atoms with Crippen molar-refractivity contribution in [3.63, 3.8) is 0 Å². The second-order valence-corrected chi connectivity index (χ2v) is 14.8. The average molecular weight is 523 g/mol. The Labute approximate surface area is 229 Å². The molecule has 0 heterocycles. The first kappa shape index (κ1) is 26.8. The molecule has 6 rings (SSSR count). The number of aromatic carboxylic acids is 1. The SMILES string of the molecule is CC[C@@H]1C2C[C@H](O)CC[C@]2(C)[C@H]2CC[C@]3(C)[C@@H]([C@H](C)CC4CC4c4ccccc4C(=O)O)CC[C@H]3C2[C@@H]1O. The topological polar surface area (TPSA) is 77.8 Å². The van der Waals surface area contributed by atoms with Crippen molar-refractivity contribution in [2.45, 2.75) is 110 Å². The molecule has 0 spiro atoms. The lowest BCUT2D eigenvalue weighted by Crippen LogP contribution is -2.62. The number of aliphatic hydroxyl groups is 2. The van der Waals surface area contributed by atoms with Gasteiger partial charge in [-0.1, -0.05) is 52.3 Å². The maximum Gasteiger partial charge on any atom is 0.335 e. The van der Waals surface area contributed by atoms with E-state index in [0.29, 0.717) is 64.2 Å². The van der Waals surface area contributed by atoms with E-state index in [9.17, 15) is 20.1 Å². The Balaban J connectivity index is 1.19. The third kappa shape index (κ3) is 4.02. The molecule has 5 saturated carbocycles. The van der Waals surface area contributed by atoms with Crippen molar-refractivity contribution in [2.24, 2.45) is 58.2 Å². The van der Waals surface area contributed by atoms with Gasteiger partial charge in [0.2, 0.25) is 0 Å². The highest BCUT2D eigenvalue weighted by Gasteiger charge is 2.65. The highest BCUT2D eigenvalue weighted by atomic mass is 16.4. The van der Waals surface area contributed by atoms with Crippen molar-refractivity contribution < 1.29 is 20.1 Å². The molecule has 13 atom stereocenters. The highest BCUT2D eigenvalue weighted by Crippen LogP contribution is 2.70. The molecule has 210 valence electrons. The van der Waals surface area contributed by atoms with Crippen molar-refractivity contribution in [2.75, 3.05) is 0 Å². The first-order chi connectivity index (χ1) is 18.1. The van der Waals surface area contributed by atoms with Gasteiger partial charge in [-0.2, -0.15) is 0 Å². The zero-order valence-electron chi connectivity index (χ0n) is 24.0. The van der Waals surface area contributed by atoms with Crippen molar-refractivity contribution in [3.05, 3.63) is 35.4 Å². The first-order valence-corrected chi connectivity index (χ1v) is 15.8. The quantitative estimate of drug-likeness (QED) is 0.371. The maximum atomic E-state index is 11.9. The lowest BCUT2D eigenvalue weighted by atomic mass is 9.41. The van der Waals surface area contributed by atoms with Crippen LogP contribution >= 0.6 is 0 Å². The fraction of sp³-hybridized carbons (Fsp3) is 0.794. The number of fused-ring (bicyclic) bond motifs is 5. The minimum Gasteiger partial charge on any atom is -0.478 e. The average Bonchev–Trinajstić information content (AvgIpc) is 3.55. The molecule has 5 aliphatic carbocycles. The predicted octanol–water partition coefficient (Wildman–Crippen LogP) is 7.14. The zero-order valence-corrected chi connectivity index (χ0v) is 24.0. The summed E-state index contributed by atoms with van der Waals surface area (Å²) in [6, 6.07) is 7.61. The van der Waals surface area contributed by atoms with Crippen LogP contribution < -0.4 is 0 Å². The van der Waals surface area contributed by atoms with Gasteiger partial charge in [0.05, 0.1) is 17.8 Å². The Morgan fingerprint density at radius 2 is 1.68 bits per heavy atom. The van der Waals surface area contributed by atoms with Crippen LogP contribution in [-0.2, 0) is 0 Å². The molecule has 0 amide bonds. The van der Waals surface area contributed by atoms with E-state index in [2.05, 4.69) is 27.7 Å². The van der Waals surface area contributed by atoms with E-state index >= 15 is 0 Å². The molecule has 4 unspecified atom stereocenters. The summed E-state index contributed by atoms with van der Waals surface area (Å²) in [7, 11) is 0. The van der Waals surface area contributed by atoms with Crippen LogP contribution in [0.15, 0.2) is 24.3 Å². The fourth-order valence-electron chi connectivity index (χ4n) is 11.5. The van der Waals surface area contributed by atoms with E-state index in [1.807, 2.05) is 18.2 Å². The second kappa shape index (κ2) is 9.61. The van der Waals surface area contributed by atoms with Gasteiger partial charge >= 0.3 is 5.97 Å². The van der Waals surface area contributed by atoms with Gasteiger partial charge in [-0.15, -0.1) is 0 Å². The standard InChI is InChI=1S/C34H50O4/c1-5-22-29-18-21(35)12-14-34(29,4)28-13-15-33(3)26(10-11-27(33)30(28)31(22)36)19(2)16-20-17-25(20)23-8-6-7-9-24(23)32(37)38/h6-9,19-22,25-31,35-36H,5,10-18H2,1-4H3,(H,37,38)/t19-,20?,21-,22-,25?,26-,27+,28+,29?,30?,31-,33-,34-/m1/s1. The summed E-state index contributed by atoms with van der Waals surface area (Å²) in [6.45, 7) is 9.81. The lowest BCUT2D eigenvalue weighted by molar-refractivity contribution is -0.203. The summed E-state index contributed by atoms with van der Waals surface area (Å²) in [5.74, 6) is 3.88. The van der Waals surface area contributed by atoms with Crippen LogP contribution in [0.5, 0.6) is 0 Å². The Bertz CT molecular complexity index is 1050. The summed E-state index contributed by atoms with van der Waals surface area (Å²) in [5.41, 5.74) is 2.07. The fourth-order valence-corrected chi connectivity index (χ4v) is 11.5. The number of benzene rings is 1. The predicted molar refractivity (Wildman–Crippen MR) is 150 cm³/mol. The highest BCUT2D eigenvalue weighted by molar-refractivity contribution is 5.89. The first-order valence-electron chi connectivity index (χ1n) is 15.8. The summed E-state index contributed by atoms with van der Waals surface area (Å²) >= 11 is 0. The molecule has 0 aromatic heterocycles. The Morgan fingerprint density at radius 1 is 0.974 bits per heavy atom. The molecule has 1 aromatic rings. The molecule has 0 aliphatic heterocycles. The van der Waals surface area contributed by atoms with Gasteiger partial charge < -0.3 is 15.3 Å². The van der Waals surface area contributed by atoms with Gasteiger partial charge in [0.25, 0.3) is 0 Å². The van der Waals surface area contributed by atoms with E-state index in [1.54, 1.807) is 6.07 Å². The smallest absolute Gasteiger partial charge is 0.335 e. The molecule has 5 fully saturated rings. The molecule has 4 nitrogen and oxygen atoms in total. The van der Waals surface area contributed by atoms with E-state index in [4.69, 9.17) is 0 Å². The van der Waals surface area contributed by atoms with Crippen molar-refractivity contribution in [1.82, 2.24) is 0 Å². The Kier molecular flexibility index (Phi) is 6.78. The number of hydrogen-bond donors (Lipinski definition) is 3. The largest absolute Gasteiger partial charge is 0.478 e. The van der Waals surface area contributed by atoms with Crippen LogP contribution in [0.1, 0.15) is 114 Å². The normalized spacial score (nSPS) is 48.5. The van der Waals surface area contributed by atoms with Gasteiger partial charge in [0.15, 0.2) is 0 Å². The molecule has 38 heavy (non-hydrogen) atoms. The van der Waals surface area contributed by atoms with Gasteiger partial charge in [0, 0.05) is 0 Å². The lowest BCUT2D eigenvalue weighted by Gasteiger charge is -2.64. The van der Waals surface area contributed by atoms with Gasteiger partial charge in [-0.05, 0) is 134 Å². The van der Waals surface area contributed by atoms with Crippen molar-refractivity contribution in [1.29, 1.82) is 0 Å². The van der Waals surface area contributed by atoms with Gasteiger partial charge in [-0.25, -0.2) is 4.79 Å². The molecule has 0 radical (unpaired) electrons. The third-order valence-corrected chi connectivity index (χ3v) is 13.3. The Hall–Kier alpha value is -1.39. The molecule has 5 aliphatic rings. The summed E-state index contributed by atoms with van der Waals surface area (Å²) < 4.78 is 0. The van der Waals surface area contributed by atoms with Crippen LogP contribution in [0.3, 0.4) is 0 Å². The van der Waals surface area contributed by atoms with Crippen LogP contribution in [-0.4, -0.2) is 33.5 Å². The van der Waals surface area contributed by atoms with Gasteiger partial charge in [0.1, 0.15) is 0 Å². The number of carboxylic acid groups (broad SMARTS) is 1. The number of rotatable bonds is 6. The van der Waals surface area contributed by atoms with Gasteiger partial charge in [-0.3, -0.25) is 0 Å². The van der Waals surface area contributed by atoms with Crippen LogP contribution in [0.2, 0.25) is 0 Å². The van der Waals surface area contributed by atoms with E-state index in [1.165, 1.54) is 32.1 Å². The molecule has 4 heteroatoms. The minimum atomic E-state index is -0.804. The summed E-state index contributed by atoms with van der Waals surface area (Å²) in [5, 5.41) is 32.2. The molecule has 1 aromatic carbocycles. The number of carboxylic acids is 1. The summed E-state index contributed by atoms with van der Waals surface area (Å²) in [6.07, 6.45) is 10.9. The molecule has 0 saturated heterocycles. The van der Waals surface area contributed by atoms with Crippen LogP contribution in [0, 0.1) is 58.2 Å². The number of aliphatic hydroxyl groups excluding tert-OH is 2. The third-order valence-electron chi connectivity index (χ3n) is 13.3. The minimum absolute atomic E-state index is 0.190. The molecular weight excluding hydrogens is 472 g/mol. The van der Waals surface area contributed by atoms with Crippen LogP contribution in [0.4, 0.5) is 0 Å². The number of hydrogen-bond acceptors (Lipinski definition) is 3. The maximum absolute atomic E-state index is 11.9. The van der Waals surface area contributed by atoms with E-state index in [0.717, 1.165) is 37.7 Å².